The lowest BCUT2D eigenvalue weighted by Gasteiger charge is -2.08. The first kappa shape index (κ1) is 11.0. The molecule has 0 unspecified atom stereocenters. The lowest BCUT2D eigenvalue weighted by atomic mass is 10.1. The number of carbonyl (C=O) groups excluding carboxylic acids is 1. The molecule has 0 fully saturated rings. The summed E-state index contributed by atoms with van der Waals surface area (Å²) in [6.45, 7) is 0. The van der Waals surface area contributed by atoms with Gasteiger partial charge in [0.05, 0.1) is 7.11 Å². The Bertz CT molecular complexity index is 405. The second-order valence-corrected chi connectivity index (χ2v) is 2.50. The maximum atomic E-state index is 13.3. The van der Waals surface area contributed by atoms with Crippen LogP contribution >= 0.6 is 0 Å². The van der Waals surface area contributed by atoms with Crippen molar-refractivity contribution in [2.24, 2.45) is 0 Å². The molecule has 0 bridgehead atoms. The summed E-state index contributed by atoms with van der Waals surface area (Å²) in [6.07, 6.45) is 0. The van der Waals surface area contributed by atoms with E-state index in [0.29, 0.717) is 6.07 Å². The summed E-state index contributed by atoms with van der Waals surface area (Å²) in [5.74, 6) is -5.44. The van der Waals surface area contributed by atoms with Gasteiger partial charge in [0.15, 0.2) is 11.6 Å². The first-order valence-corrected chi connectivity index (χ1v) is 3.64. The van der Waals surface area contributed by atoms with Gasteiger partial charge >= 0.3 is 5.97 Å². The van der Waals surface area contributed by atoms with Gasteiger partial charge in [-0.1, -0.05) is 0 Å². The van der Waals surface area contributed by atoms with E-state index in [4.69, 9.17) is 10.2 Å². The Morgan fingerprint density at radius 1 is 1.47 bits per heavy atom. The lowest BCUT2D eigenvalue weighted by molar-refractivity contribution is -0.0792. The van der Waals surface area contributed by atoms with E-state index in [1.165, 1.54) is 0 Å². The van der Waals surface area contributed by atoms with Crippen molar-refractivity contribution in [3.8, 4) is 17.2 Å². The molecular formula is C8H6F2O5. The van der Waals surface area contributed by atoms with Crippen LogP contribution in [0.2, 0.25) is 0 Å². The number of hydrogen-bond acceptors (Lipinski definition) is 5. The van der Waals surface area contributed by atoms with E-state index in [1.807, 2.05) is 0 Å². The maximum Gasteiger partial charge on any atom is 0.382 e. The SMILES string of the molecule is COc1c(O)c(O)cc(C(=O)OF)c1F. The van der Waals surface area contributed by atoms with E-state index in [2.05, 4.69) is 9.68 Å². The largest absolute Gasteiger partial charge is 0.504 e. The van der Waals surface area contributed by atoms with Crippen LogP contribution < -0.4 is 4.74 Å². The summed E-state index contributed by atoms with van der Waals surface area (Å²) in [5.41, 5.74) is -0.885. The molecular weight excluding hydrogens is 214 g/mol. The molecule has 7 heteroatoms. The summed E-state index contributed by atoms with van der Waals surface area (Å²) >= 11 is 0. The van der Waals surface area contributed by atoms with E-state index in [1.54, 1.807) is 0 Å². The van der Waals surface area contributed by atoms with Gasteiger partial charge in [-0.15, -0.1) is 0 Å². The van der Waals surface area contributed by atoms with Crippen molar-refractivity contribution in [3.63, 3.8) is 0 Å². The summed E-state index contributed by atoms with van der Waals surface area (Å²) < 4.78 is 29.2. The van der Waals surface area contributed by atoms with Crippen LogP contribution in [-0.4, -0.2) is 23.3 Å². The summed E-state index contributed by atoms with van der Waals surface area (Å²) in [6, 6.07) is 0.523. The quantitative estimate of drug-likeness (QED) is 0.734. The maximum absolute atomic E-state index is 13.3. The molecule has 0 spiro atoms. The highest BCUT2D eigenvalue weighted by molar-refractivity contribution is 5.91. The smallest absolute Gasteiger partial charge is 0.382 e. The minimum absolute atomic E-state index is 0.523. The monoisotopic (exact) mass is 220 g/mol. The number of benzene rings is 1. The zero-order valence-electron chi connectivity index (χ0n) is 7.45. The topological polar surface area (TPSA) is 76.0 Å². The van der Waals surface area contributed by atoms with Gasteiger partial charge in [-0.25, -0.2) is 14.1 Å². The molecule has 5 nitrogen and oxygen atoms in total. The third-order valence-corrected chi connectivity index (χ3v) is 1.67. The molecule has 0 aromatic heterocycles. The average molecular weight is 220 g/mol. The minimum atomic E-state index is -1.64. The minimum Gasteiger partial charge on any atom is -0.504 e. The first-order chi connectivity index (χ1) is 7.02. The molecule has 0 aliphatic rings. The van der Waals surface area contributed by atoms with Crippen LogP contribution in [0, 0.1) is 5.82 Å². The third-order valence-electron chi connectivity index (χ3n) is 1.67. The van der Waals surface area contributed by atoms with Gasteiger partial charge in [0, 0.05) is 10.6 Å². The van der Waals surface area contributed by atoms with Crippen molar-refractivity contribution in [2.75, 3.05) is 7.11 Å². The number of methoxy groups -OCH3 is 1. The van der Waals surface area contributed by atoms with Gasteiger partial charge in [-0.05, 0) is 0 Å². The Morgan fingerprint density at radius 3 is 2.53 bits per heavy atom. The highest BCUT2D eigenvalue weighted by Gasteiger charge is 2.24. The van der Waals surface area contributed by atoms with Crippen LogP contribution in [-0.2, 0) is 4.94 Å². The van der Waals surface area contributed by atoms with E-state index < -0.39 is 34.6 Å². The van der Waals surface area contributed by atoms with Crippen LogP contribution in [0.15, 0.2) is 6.07 Å². The average Bonchev–Trinajstić information content (AvgIpc) is 2.23. The predicted molar refractivity (Wildman–Crippen MR) is 42.8 cm³/mol. The molecule has 1 rings (SSSR count). The van der Waals surface area contributed by atoms with Crippen molar-refractivity contribution in [1.29, 1.82) is 0 Å². The van der Waals surface area contributed by atoms with Crippen LogP contribution in [0.3, 0.4) is 0 Å². The molecule has 0 saturated carbocycles. The molecule has 2 N–H and O–H groups in total. The molecule has 0 aliphatic heterocycles. The fraction of sp³-hybridized carbons (Fsp3) is 0.125. The Balaban J connectivity index is 3.43. The number of ether oxygens (including phenoxy) is 1. The standard InChI is InChI=1S/C8H6F2O5/c1-14-7-5(9)3(8(13)15-10)2-4(11)6(7)12/h2,11-12H,1H3. The van der Waals surface area contributed by atoms with Gasteiger partial charge in [-0.3, -0.25) is 0 Å². The fourth-order valence-corrected chi connectivity index (χ4v) is 0.987. The van der Waals surface area contributed by atoms with Crippen molar-refractivity contribution in [1.82, 2.24) is 0 Å². The van der Waals surface area contributed by atoms with Crippen molar-refractivity contribution in [2.45, 2.75) is 0 Å². The highest BCUT2D eigenvalue weighted by Crippen LogP contribution is 2.39. The van der Waals surface area contributed by atoms with Gasteiger partial charge in [0.2, 0.25) is 11.5 Å². The molecule has 1 aromatic rings. The zero-order chi connectivity index (χ0) is 11.6. The van der Waals surface area contributed by atoms with Gasteiger partial charge in [0.25, 0.3) is 0 Å². The van der Waals surface area contributed by atoms with E-state index in [0.717, 1.165) is 7.11 Å². The molecule has 15 heavy (non-hydrogen) atoms. The number of carbonyl (C=O) groups is 1. The van der Waals surface area contributed by atoms with E-state index in [-0.39, 0.29) is 0 Å². The van der Waals surface area contributed by atoms with Gasteiger partial charge in [-0.2, -0.15) is 0 Å². The molecule has 0 radical (unpaired) electrons. The Kier molecular flexibility index (Phi) is 2.93. The molecule has 0 atom stereocenters. The Morgan fingerprint density at radius 2 is 2.07 bits per heavy atom. The van der Waals surface area contributed by atoms with Crippen molar-refractivity contribution < 1.29 is 33.6 Å². The van der Waals surface area contributed by atoms with Crippen LogP contribution in [0.4, 0.5) is 8.92 Å². The lowest BCUT2D eigenvalue weighted by Crippen LogP contribution is -2.04. The summed E-state index contributed by atoms with van der Waals surface area (Å²) in [7, 11) is 1.00. The van der Waals surface area contributed by atoms with Crippen molar-refractivity contribution in [3.05, 3.63) is 17.4 Å². The number of phenolic OH excluding ortho intramolecular Hbond substituents is 2. The van der Waals surface area contributed by atoms with Gasteiger partial charge < -0.3 is 14.9 Å². The number of hydrogen-bond donors (Lipinski definition) is 2. The number of halogens is 2. The highest BCUT2D eigenvalue weighted by atomic mass is 19.3. The van der Waals surface area contributed by atoms with Gasteiger partial charge in [0.1, 0.15) is 5.56 Å². The van der Waals surface area contributed by atoms with Crippen molar-refractivity contribution >= 4 is 5.97 Å². The summed E-state index contributed by atoms with van der Waals surface area (Å²) in [5, 5.41) is 18.2. The van der Waals surface area contributed by atoms with Crippen LogP contribution in [0.25, 0.3) is 0 Å². The molecule has 0 aliphatic carbocycles. The second kappa shape index (κ2) is 3.99. The predicted octanol–water partition coefficient (Wildman–Crippen LogP) is 1.29. The number of rotatable bonds is 2. The molecule has 0 saturated heterocycles. The first-order valence-electron chi connectivity index (χ1n) is 3.64. The number of aromatic hydroxyl groups is 2. The molecule has 1 aromatic carbocycles. The molecule has 0 amide bonds. The van der Waals surface area contributed by atoms with E-state index >= 15 is 0 Å². The molecule has 82 valence electrons. The molecule has 0 heterocycles. The van der Waals surface area contributed by atoms with E-state index in [9.17, 15) is 13.7 Å². The third kappa shape index (κ3) is 1.76. The second-order valence-electron chi connectivity index (χ2n) is 2.50. The number of phenols is 2. The Hall–Kier alpha value is -2.05. The summed E-state index contributed by atoms with van der Waals surface area (Å²) in [4.78, 5) is 13.5. The Labute approximate surface area is 82.4 Å². The van der Waals surface area contributed by atoms with Crippen LogP contribution in [0.1, 0.15) is 10.4 Å². The normalized spacial score (nSPS) is 9.80. The van der Waals surface area contributed by atoms with Crippen LogP contribution in [0.5, 0.6) is 17.2 Å². The fourth-order valence-electron chi connectivity index (χ4n) is 0.987. The zero-order valence-corrected chi connectivity index (χ0v) is 7.45.